The van der Waals surface area contributed by atoms with Gasteiger partial charge in [-0.2, -0.15) is 0 Å². The van der Waals surface area contributed by atoms with Crippen molar-refractivity contribution in [3.8, 4) is 0 Å². The Hall–Kier alpha value is 0.320. The molecule has 0 bridgehead atoms. The fourth-order valence-electron chi connectivity index (χ4n) is 3.05. The van der Waals surface area contributed by atoms with Gasteiger partial charge < -0.3 is 14.6 Å². The molecule has 3 nitrogen and oxygen atoms in total. The fourth-order valence-corrected chi connectivity index (χ4v) is 6.43. The Kier molecular flexibility index (Phi) is 6.94. The molecule has 0 unspecified atom stereocenters. The first kappa shape index (κ1) is 17.7. The third-order valence-corrected chi connectivity index (χ3v) is 7.93. The van der Waals surface area contributed by atoms with E-state index in [1.54, 1.807) is 7.11 Å². The highest BCUT2D eigenvalue weighted by atomic mass is 32.2. The Bertz CT molecular complexity index is 353. The molecule has 2 saturated heterocycles. The standard InChI is InChI=1S/C16H28O3S2/c1-12(7-8-17)15(18-3)11-14-6-5-13(2)16(19-14)20-9-4-10-21-16/h7,13-15,17H,4-6,8-11H2,1-3H3/b12-7+/t13-,14+,15+/m1/s1. The molecule has 0 aliphatic carbocycles. The van der Waals surface area contributed by atoms with Crippen molar-refractivity contribution in [3.63, 3.8) is 0 Å². The van der Waals surface area contributed by atoms with E-state index in [4.69, 9.17) is 14.6 Å². The van der Waals surface area contributed by atoms with Gasteiger partial charge in [0.25, 0.3) is 0 Å². The molecule has 1 spiro atoms. The van der Waals surface area contributed by atoms with Crippen LogP contribution >= 0.6 is 23.5 Å². The third-order valence-electron chi connectivity index (χ3n) is 4.43. The number of aliphatic hydroxyl groups excluding tert-OH is 1. The molecule has 2 aliphatic rings. The molecule has 0 aromatic rings. The van der Waals surface area contributed by atoms with Gasteiger partial charge in [0.05, 0.1) is 18.8 Å². The van der Waals surface area contributed by atoms with Gasteiger partial charge in [-0.15, -0.1) is 23.5 Å². The molecule has 3 atom stereocenters. The molecule has 5 heteroatoms. The molecule has 0 aromatic carbocycles. The van der Waals surface area contributed by atoms with Crippen molar-refractivity contribution in [2.75, 3.05) is 25.2 Å². The molecule has 2 fully saturated rings. The van der Waals surface area contributed by atoms with E-state index in [1.807, 2.05) is 36.5 Å². The molecule has 1 N–H and O–H groups in total. The zero-order valence-corrected chi connectivity index (χ0v) is 15.0. The minimum atomic E-state index is -0.0337. The lowest BCUT2D eigenvalue weighted by molar-refractivity contribution is -0.0706. The van der Waals surface area contributed by atoms with Crippen molar-refractivity contribution < 1.29 is 14.6 Å². The summed E-state index contributed by atoms with van der Waals surface area (Å²) in [5.41, 5.74) is 1.10. The SMILES string of the molecule is CO[C@@H](C[C@@H]1CC[C@@H](C)C2(O1)SCCCS2)/C(C)=C/CO. The second kappa shape index (κ2) is 8.25. The maximum atomic E-state index is 9.05. The van der Waals surface area contributed by atoms with E-state index < -0.39 is 0 Å². The van der Waals surface area contributed by atoms with Gasteiger partial charge in [0, 0.05) is 19.4 Å². The van der Waals surface area contributed by atoms with Crippen LogP contribution in [-0.4, -0.2) is 46.8 Å². The summed E-state index contributed by atoms with van der Waals surface area (Å²) in [6.07, 6.45) is 6.64. The van der Waals surface area contributed by atoms with Crippen molar-refractivity contribution in [1.29, 1.82) is 0 Å². The Morgan fingerprint density at radius 1 is 1.43 bits per heavy atom. The molecule has 2 aliphatic heterocycles. The summed E-state index contributed by atoms with van der Waals surface area (Å²) in [7, 11) is 1.74. The summed E-state index contributed by atoms with van der Waals surface area (Å²) in [5, 5.41) is 9.05. The minimum absolute atomic E-state index is 0.0337. The minimum Gasteiger partial charge on any atom is -0.392 e. The van der Waals surface area contributed by atoms with Crippen LogP contribution in [0.15, 0.2) is 11.6 Å². The highest BCUT2D eigenvalue weighted by molar-refractivity contribution is 8.18. The highest BCUT2D eigenvalue weighted by Gasteiger charge is 2.45. The number of hydrogen-bond donors (Lipinski definition) is 1. The van der Waals surface area contributed by atoms with Crippen LogP contribution in [-0.2, 0) is 9.47 Å². The van der Waals surface area contributed by atoms with Gasteiger partial charge in [0.1, 0.15) is 0 Å². The molecule has 0 aromatic heterocycles. The van der Waals surface area contributed by atoms with E-state index in [9.17, 15) is 0 Å². The van der Waals surface area contributed by atoms with Gasteiger partial charge in [-0.25, -0.2) is 0 Å². The summed E-state index contributed by atoms with van der Waals surface area (Å²) >= 11 is 3.99. The van der Waals surface area contributed by atoms with Crippen molar-refractivity contribution in [1.82, 2.24) is 0 Å². The maximum Gasteiger partial charge on any atom is 0.163 e. The lowest BCUT2D eigenvalue weighted by Crippen LogP contribution is -2.44. The second-order valence-electron chi connectivity index (χ2n) is 5.96. The van der Waals surface area contributed by atoms with E-state index >= 15 is 0 Å². The van der Waals surface area contributed by atoms with E-state index in [0.29, 0.717) is 5.92 Å². The molecular weight excluding hydrogens is 304 g/mol. The average molecular weight is 333 g/mol. The van der Waals surface area contributed by atoms with E-state index in [0.717, 1.165) is 18.4 Å². The van der Waals surface area contributed by atoms with E-state index in [1.165, 1.54) is 24.3 Å². The smallest absolute Gasteiger partial charge is 0.163 e. The van der Waals surface area contributed by atoms with Gasteiger partial charge in [-0.1, -0.05) is 13.0 Å². The quantitative estimate of drug-likeness (QED) is 0.778. The third kappa shape index (κ3) is 4.41. The summed E-state index contributed by atoms with van der Waals surface area (Å²) < 4.78 is 12.1. The van der Waals surface area contributed by atoms with Gasteiger partial charge in [-0.3, -0.25) is 0 Å². The van der Waals surface area contributed by atoms with Crippen molar-refractivity contribution in [2.45, 2.75) is 56.0 Å². The Morgan fingerprint density at radius 2 is 2.14 bits per heavy atom. The highest BCUT2D eigenvalue weighted by Crippen LogP contribution is 2.53. The van der Waals surface area contributed by atoms with Crippen LogP contribution in [0.25, 0.3) is 0 Å². The number of hydrogen-bond acceptors (Lipinski definition) is 5. The van der Waals surface area contributed by atoms with Crippen LogP contribution < -0.4 is 0 Å². The molecule has 0 saturated carbocycles. The van der Waals surface area contributed by atoms with E-state index in [2.05, 4.69) is 6.92 Å². The van der Waals surface area contributed by atoms with Crippen molar-refractivity contribution >= 4 is 23.5 Å². The topological polar surface area (TPSA) is 38.7 Å². The largest absolute Gasteiger partial charge is 0.392 e. The monoisotopic (exact) mass is 332 g/mol. The zero-order chi connectivity index (χ0) is 15.3. The van der Waals surface area contributed by atoms with Gasteiger partial charge in [0.2, 0.25) is 0 Å². The Labute approximate surface area is 137 Å². The first-order chi connectivity index (χ1) is 10.1. The number of rotatable bonds is 5. The molecule has 2 heterocycles. The average Bonchev–Trinajstić information content (AvgIpc) is 2.49. The van der Waals surface area contributed by atoms with Gasteiger partial charge >= 0.3 is 0 Å². The molecule has 0 amide bonds. The number of aliphatic hydroxyl groups is 1. The molecule has 2 rings (SSSR count). The first-order valence-corrected chi connectivity index (χ1v) is 9.84. The Morgan fingerprint density at radius 3 is 2.76 bits per heavy atom. The summed E-state index contributed by atoms with van der Waals surface area (Å²) in [5.74, 6) is 3.03. The number of methoxy groups -OCH3 is 1. The summed E-state index contributed by atoms with van der Waals surface area (Å²) in [6.45, 7) is 4.42. The molecule has 122 valence electrons. The van der Waals surface area contributed by atoms with Crippen molar-refractivity contribution in [3.05, 3.63) is 11.6 Å². The van der Waals surface area contributed by atoms with Gasteiger partial charge in [0.15, 0.2) is 4.27 Å². The number of thioether (sulfide) groups is 2. The van der Waals surface area contributed by atoms with Crippen LogP contribution in [0.4, 0.5) is 0 Å². The van der Waals surface area contributed by atoms with Crippen LogP contribution in [0.2, 0.25) is 0 Å². The molecular formula is C16H28O3S2. The lowest BCUT2D eigenvalue weighted by atomic mass is 9.94. The molecule has 21 heavy (non-hydrogen) atoms. The first-order valence-electron chi connectivity index (χ1n) is 7.87. The van der Waals surface area contributed by atoms with Crippen LogP contribution in [0, 0.1) is 5.92 Å². The Balaban J connectivity index is 1.99. The summed E-state index contributed by atoms with van der Waals surface area (Å²) in [6, 6.07) is 0. The number of ether oxygens (including phenoxy) is 2. The maximum absolute atomic E-state index is 9.05. The zero-order valence-electron chi connectivity index (χ0n) is 13.3. The van der Waals surface area contributed by atoms with Crippen molar-refractivity contribution in [2.24, 2.45) is 5.92 Å². The molecule has 0 radical (unpaired) electrons. The normalized spacial score (nSPS) is 31.3. The van der Waals surface area contributed by atoms with Crippen LogP contribution in [0.3, 0.4) is 0 Å². The predicted molar refractivity (Wildman–Crippen MR) is 91.8 cm³/mol. The van der Waals surface area contributed by atoms with Gasteiger partial charge in [-0.05, 0) is 43.3 Å². The van der Waals surface area contributed by atoms with Crippen LogP contribution in [0.1, 0.15) is 39.5 Å². The van der Waals surface area contributed by atoms with E-state index in [-0.39, 0.29) is 23.1 Å². The lowest BCUT2D eigenvalue weighted by Gasteiger charge is -2.47. The second-order valence-corrected chi connectivity index (χ2v) is 8.83. The van der Waals surface area contributed by atoms with Crippen LogP contribution in [0.5, 0.6) is 0 Å². The fraction of sp³-hybridized carbons (Fsp3) is 0.875. The predicted octanol–water partition coefficient (Wildman–Crippen LogP) is 3.67. The summed E-state index contributed by atoms with van der Waals surface area (Å²) in [4.78, 5) is 0.